The van der Waals surface area contributed by atoms with E-state index in [0.717, 1.165) is 24.0 Å². The molecule has 38 heavy (non-hydrogen) atoms. The Hall–Kier alpha value is -1.35. The topological polar surface area (TPSA) is 46.5 Å². The molecule has 1 aromatic rings. The van der Waals surface area contributed by atoms with Crippen molar-refractivity contribution in [3.63, 3.8) is 0 Å². The van der Waals surface area contributed by atoms with E-state index in [1.54, 1.807) is 0 Å². The first-order chi connectivity index (χ1) is 18.0. The Morgan fingerprint density at radius 2 is 1.08 bits per heavy atom. The Morgan fingerprint density at radius 1 is 0.684 bits per heavy atom. The van der Waals surface area contributed by atoms with E-state index in [-0.39, 0.29) is 23.2 Å². The van der Waals surface area contributed by atoms with Gasteiger partial charge in [-0.05, 0) is 23.7 Å². The van der Waals surface area contributed by atoms with E-state index in [2.05, 4.69) is 66.7 Å². The number of carbonyl (C=O) groups is 1. The Balaban J connectivity index is 2.19. The molecule has 0 fully saturated rings. The van der Waals surface area contributed by atoms with Crippen molar-refractivity contribution in [2.45, 2.75) is 181 Å². The van der Waals surface area contributed by atoms with Crippen LogP contribution in [0, 0.1) is 0 Å². The van der Waals surface area contributed by atoms with Crippen LogP contribution in [0.5, 0.6) is 5.75 Å². The van der Waals surface area contributed by atoms with Gasteiger partial charge in [-0.2, -0.15) is 0 Å². The average Bonchev–Trinajstić information content (AvgIpc) is 2.84. The normalized spacial score (nSPS) is 13.1. The van der Waals surface area contributed by atoms with E-state index in [9.17, 15) is 9.90 Å². The second-order valence-corrected chi connectivity index (χ2v) is 13.6. The lowest BCUT2D eigenvalue weighted by molar-refractivity contribution is -0.135. The summed E-state index contributed by atoms with van der Waals surface area (Å²) < 4.78 is 5.96. The molecule has 1 aromatic carbocycles. The summed E-state index contributed by atoms with van der Waals surface area (Å²) >= 11 is 0. The molecule has 0 aromatic heterocycles. The third-order valence-corrected chi connectivity index (χ3v) is 7.67. The molecule has 1 N–H and O–H groups in total. The third-order valence-electron chi connectivity index (χ3n) is 7.67. The predicted octanol–water partition coefficient (Wildman–Crippen LogP) is 10.6. The minimum Gasteiger partial charge on any atom is -0.426 e. The smallest absolute Gasteiger partial charge is 0.311 e. The molecule has 1 unspecified atom stereocenters. The van der Waals surface area contributed by atoms with Crippen molar-refractivity contribution < 1.29 is 14.6 Å². The van der Waals surface area contributed by atoms with Gasteiger partial charge >= 0.3 is 5.97 Å². The fraction of sp³-hybridized carbons (Fsp3) is 0.800. The summed E-state index contributed by atoms with van der Waals surface area (Å²) in [6, 6.07) is 6.17. The number of benzene rings is 1. The van der Waals surface area contributed by atoms with E-state index >= 15 is 0 Å². The Bertz CT molecular complexity index is 721. The number of para-hydroxylation sites is 1. The summed E-state index contributed by atoms with van der Waals surface area (Å²) in [5, 5.41) is 10.4. The molecule has 0 saturated heterocycles. The van der Waals surface area contributed by atoms with Gasteiger partial charge in [0.05, 0.1) is 6.10 Å². The third kappa shape index (κ3) is 15.3. The van der Waals surface area contributed by atoms with Gasteiger partial charge in [-0.25, -0.2) is 0 Å². The molecule has 0 radical (unpaired) electrons. The van der Waals surface area contributed by atoms with Crippen LogP contribution < -0.4 is 4.74 Å². The first kappa shape index (κ1) is 34.7. The van der Waals surface area contributed by atoms with Gasteiger partial charge in [-0.3, -0.25) is 4.79 Å². The number of ether oxygens (including phenoxy) is 1. The van der Waals surface area contributed by atoms with Gasteiger partial charge in [0.2, 0.25) is 0 Å². The van der Waals surface area contributed by atoms with Crippen LogP contribution in [0.1, 0.15) is 175 Å². The molecule has 0 amide bonds. The zero-order valence-electron chi connectivity index (χ0n) is 26.3. The van der Waals surface area contributed by atoms with Gasteiger partial charge in [0.15, 0.2) is 0 Å². The van der Waals surface area contributed by atoms with Gasteiger partial charge in [-0.1, -0.05) is 163 Å². The van der Waals surface area contributed by atoms with E-state index in [1.165, 1.54) is 89.9 Å². The number of hydrogen-bond acceptors (Lipinski definition) is 3. The van der Waals surface area contributed by atoms with Crippen LogP contribution in [0.3, 0.4) is 0 Å². The maximum Gasteiger partial charge on any atom is 0.311 e. The second kappa shape index (κ2) is 18.9. The summed E-state index contributed by atoms with van der Waals surface area (Å²) in [6.45, 7) is 15.2. The lowest BCUT2D eigenvalue weighted by Gasteiger charge is -2.29. The van der Waals surface area contributed by atoms with Crippen LogP contribution in [-0.4, -0.2) is 17.2 Å². The van der Waals surface area contributed by atoms with Crippen LogP contribution >= 0.6 is 0 Å². The van der Waals surface area contributed by atoms with Crippen LogP contribution in [0.15, 0.2) is 18.2 Å². The Kier molecular flexibility index (Phi) is 17.2. The Labute approximate surface area is 236 Å². The molecule has 220 valence electrons. The quantitative estimate of drug-likeness (QED) is 0.104. The lowest BCUT2D eigenvalue weighted by atomic mass is 9.79. The van der Waals surface area contributed by atoms with Crippen molar-refractivity contribution in [1.82, 2.24) is 0 Å². The summed E-state index contributed by atoms with van der Waals surface area (Å²) in [4.78, 5) is 12.8. The molecular formula is C35H62O3. The first-order valence-electron chi connectivity index (χ1n) is 16.0. The van der Waals surface area contributed by atoms with E-state index in [1.807, 2.05) is 0 Å². The van der Waals surface area contributed by atoms with E-state index in [4.69, 9.17) is 4.74 Å². The van der Waals surface area contributed by atoms with Gasteiger partial charge in [0.1, 0.15) is 5.75 Å². The molecule has 0 bridgehead atoms. The molecule has 0 saturated carbocycles. The number of carbonyl (C=O) groups excluding carboxylic acids is 1. The summed E-state index contributed by atoms with van der Waals surface area (Å²) in [7, 11) is 0. The predicted molar refractivity (Wildman–Crippen MR) is 164 cm³/mol. The van der Waals surface area contributed by atoms with Crippen LogP contribution in [0.2, 0.25) is 0 Å². The SMILES string of the molecule is CCCCCCCCCCCCCCCCCC(O)CCC(=O)Oc1c(C(C)(C)C)cccc1C(C)(C)C. The number of hydrogen-bond donors (Lipinski definition) is 1. The number of esters is 1. The molecular weight excluding hydrogens is 468 g/mol. The molecule has 0 aliphatic rings. The molecule has 3 heteroatoms. The van der Waals surface area contributed by atoms with Crippen LogP contribution in [-0.2, 0) is 15.6 Å². The van der Waals surface area contributed by atoms with Crippen molar-refractivity contribution in [1.29, 1.82) is 0 Å². The number of aliphatic hydroxyl groups excluding tert-OH is 1. The summed E-state index contributed by atoms with van der Waals surface area (Å²) in [5.41, 5.74) is 1.86. The van der Waals surface area contributed by atoms with Gasteiger partial charge in [0.25, 0.3) is 0 Å². The van der Waals surface area contributed by atoms with E-state index in [0.29, 0.717) is 12.2 Å². The van der Waals surface area contributed by atoms with Crippen LogP contribution in [0.25, 0.3) is 0 Å². The molecule has 0 spiro atoms. The summed E-state index contributed by atoms with van der Waals surface area (Å²) in [5.74, 6) is 0.456. The minimum absolute atomic E-state index is 0.121. The highest BCUT2D eigenvalue weighted by Crippen LogP contribution is 2.39. The standard InChI is InChI=1S/C35H62O3/c1-8-9-10-11-12-13-14-15-16-17-18-19-20-21-22-24-29(36)27-28-32(37)38-33-30(34(2,3)4)25-23-26-31(33)35(5,6)7/h23,25-26,29,36H,8-22,24,27-28H2,1-7H3. The molecule has 0 aliphatic carbocycles. The molecule has 1 rings (SSSR count). The largest absolute Gasteiger partial charge is 0.426 e. The molecule has 0 aliphatic heterocycles. The Morgan fingerprint density at radius 3 is 1.47 bits per heavy atom. The minimum atomic E-state index is -0.426. The number of aliphatic hydroxyl groups is 1. The van der Waals surface area contributed by atoms with E-state index < -0.39 is 6.10 Å². The maximum absolute atomic E-state index is 12.8. The second-order valence-electron chi connectivity index (χ2n) is 13.6. The van der Waals surface area contributed by atoms with Gasteiger partial charge in [-0.15, -0.1) is 0 Å². The van der Waals surface area contributed by atoms with Crippen molar-refractivity contribution in [3.05, 3.63) is 29.3 Å². The fourth-order valence-electron chi connectivity index (χ4n) is 5.17. The molecule has 1 atom stereocenters. The van der Waals surface area contributed by atoms with Crippen molar-refractivity contribution in [3.8, 4) is 5.75 Å². The van der Waals surface area contributed by atoms with Gasteiger partial charge in [0, 0.05) is 17.5 Å². The monoisotopic (exact) mass is 530 g/mol. The maximum atomic E-state index is 12.8. The number of unbranched alkanes of at least 4 members (excludes halogenated alkanes) is 14. The zero-order chi connectivity index (χ0) is 28.4. The highest BCUT2D eigenvalue weighted by Gasteiger charge is 2.28. The molecule has 3 nitrogen and oxygen atoms in total. The highest BCUT2D eigenvalue weighted by atomic mass is 16.5. The van der Waals surface area contributed by atoms with Crippen LogP contribution in [0.4, 0.5) is 0 Å². The van der Waals surface area contributed by atoms with Gasteiger partial charge < -0.3 is 9.84 Å². The first-order valence-corrected chi connectivity index (χ1v) is 16.0. The van der Waals surface area contributed by atoms with Crippen molar-refractivity contribution in [2.24, 2.45) is 0 Å². The summed E-state index contributed by atoms with van der Waals surface area (Å²) in [6.07, 6.45) is 21.2. The average molecular weight is 531 g/mol. The fourth-order valence-corrected chi connectivity index (χ4v) is 5.17. The van der Waals surface area contributed by atoms with Crippen molar-refractivity contribution in [2.75, 3.05) is 0 Å². The highest BCUT2D eigenvalue weighted by molar-refractivity contribution is 5.74. The van der Waals surface area contributed by atoms with Crippen molar-refractivity contribution >= 4 is 5.97 Å². The lowest BCUT2D eigenvalue weighted by Crippen LogP contribution is -2.22. The zero-order valence-corrected chi connectivity index (χ0v) is 26.3. The number of rotatable bonds is 20. The molecule has 0 heterocycles.